The van der Waals surface area contributed by atoms with Gasteiger partial charge in [0.1, 0.15) is 0 Å². The highest BCUT2D eigenvalue weighted by atomic mass is 16.2. The summed E-state index contributed by atoms with van der Waals surface area (Å²) in [6.45, 7) is 12.1. The molecule has 1 aliphatic heterocycles. The van der Waals surface area contributed by atoms with Crippen LogP contribution < -0.4 is 5.32 Å². The Kier molecular flexibility index (Phi) is 3.53. The minimum atomic E-state index is 0.243. The van der Waals surface area contributed by atoms with Crippen molar-refractivity contribution in [3.63, 3.8) is 0 Å². The summed E-state index contributed by atoms with van der Waals surface area (Å²) in [7, 11) is 0. The van der Waals surface area contributed by atoms with Crippen LogP contribution in [0.15, 0.2) is 0 Å². The first-order valence-corrected chi connectivity index (χ1v) is 5.40. The van der Waals surface area contributed by atoms with Crippen molar-refractivity contribution in [2.75, 3.05) is 26.2 Å². The zero-order valence-electron chi connectivity index (χ0n) is 9.76. The lowest BCUT2D eigenvalue weighted by atomic mass is 9.82. The minimum Gasteiger partial charge on any atom is -0.340 e. The van der Waals surface area contributed by atoms with Gasteiger partial charge in [0.15, 0.2) is 0 Å². The molecule has 3 nitrogen and oxygen atoms in total. The van der Waals surface area contributed by atoms with Crippen LogP contribution in [0, 0.1) is 11.3 Å². The van der Waals surface area contributed by atoms with Gasteiger partial charge in [-0.05, 0) is 11.3 Å². The molecule has 1 rings (SSSR count). The van der Waals surface area contributed by atoms with E-state index in [1.165, 1.54) is 0 Å². The van der Waals surface area contributed by atoms with Gasteiger partial charge in [-0.2, -0.15) is 0 Å². The largest absolute Gasteiger partial charge is 0.340 e. The molecule has 0 saturated carbocycles. The van der Waals surface area contributed by atoms with Crippen LogP contribution in [0.5, 0.6) is 0 Å². The molecule has 1 N–H and O–H groups in total. The third-order valence-electron chi connectivity index (χ3n) is 3.16. The molecule has 1 unspecified atom stereocenters. The topological polar surface area (TPSA) is 32.3 Å². The number of amides is 1. The average molecular weight is 198 g/mol. The van der Waals surface area contributed by atoms with E-state index in [1.807, 2.05) is 4.90 Å². The minimum absolute atomic E-state index is 0.243. The summed E-state index contributed by atoms with van der Waals surface area (Å²) in [6.07, 6.45) is 0. The Morgan fingerprint density at radius 1 is 1.50 bits per heavy atom. The number of hydrogen-bond acceptors (Lipinski definition) is 2. The fraction of sp³-hybridized carbons (Fsp3) is 0.909. The van der Waals surface area contributed by atoms with Crippen molar-refractivity contribution in [3.8, 4) is 0 Å². The van der Waals surface area contributed by atoms with Gasteiger partial charge in [-0.3, -0.25) is 4.79 Å². The van der Waals surface area contributed by atoms with Gasteiger partial charge in [-0.1, -0.05) is 27.7 Å². The third kappa shape index (κ3) is 2.98. The fourth-order valence-corrected chi connectivity index (χ4v) is 1.44. The summed E-state index contributed by atoms with van der Waals surface area (Å²) in [6, 6.07) is 0. The smallest absolute Gasteiger partial charge is 0.236 e. The monoisotopic (exact) mass is 198 g/mol. The van der Waals surface area contributed by atoms with Gasteiger partial charge in [0.2, 0.25) is 5.91 Å². The van der Waals surface area contributed by atoms with E-state index < -0.39 is 0 Å². The molecule has 0 aromatic rings. The fourth-order valence-electron chi connectivity index (χ4n) is 1.44. The van der Waals surface area contributed by atoms with E-state index in [4.69, 9.17) is 0 Å². The first-order chi connectivity index (χ1) is 6.41. The van der Waals surface area contributed by atoms with Gasteiger partial charge in [0.05, 0.1) is 6.54 Å². The van der Waals surface area contributed by atoms with E-state index in [-0.39, 0.29) is 11.3 Å². The molecule has 1 atom stereocenters. The predicted molar refractivity (Wildman–Crippen MR) is 58.1 cm³/mol. The van der Waals surface area contributed by atoms with Gasteiger partial charge in [-0.25, -0.2) is 0 Å². The molecule has 1 fully saturated rings. The second-order valence-electron chi connectivity index (χ2n) is 5.28. The highest BCUT2D eigenvalue weighted by Gasteiger charge is 2.25. The van der Waals surface area contributed by atoms with Gasteiger partial charge in [0.25, 0.3) is 0 Å². The van der Waals surface area contributed by atoms with Crippen LogP contribution in [0.2, 0.25) is 0 Å². The van der Waals surface area contributed by atoms with Crippen molar-refractivity contribution in [3.05, 3.63) is 0 Å². The van der Waals surface area contributed by atoms with E-state index in [0.717, 1.165) is 19.6 Å². The average Bonchev–Trinajstić information content (AvgIpc) is 2.07. The SMILES string of the molecule is CC(CN1CCNCC1=O)C(C)(C)C. The lowest BCUT2D eigenvalue weighted by molar-refractivity contribution is -0.133. The van der Waals surface area contributed by atoms with Gasteiger partial charge in [0, 0.05) is 19.6 Å². The number of hydrogen-bond donors (Lipinski definition) is 1. The Bertz CT molecular complexity index is 208. The van der Waals surface area contributed by atoms with Crippen LogP contribution in [-0.2, 0) is 4.79 Å². The standard InChI is InChI=1S/C11H22N2O/c1-9(11(2,3)4)8-13-6-5-12-7-10(13)14/h9,12H,5-8H2,1-4H3. The Hall–Kier alpha value is -0.570. The summed E-state index contributed by atoms with van der Waals surface area (Å²) >= 11 is 0. The highest BCUT2D eigenvalue weighted by molar-refractivity contribution is 5.78. The van der Waals surface area contributed by atoms with Crippen molar-refractivity contribution in [2.45, 2.75) is 27.7 Å². The molecule has 1 heterocycles. The van der Waals surface area contributed by atoms with Gasteiger partial charge >= 0.3 is 0 Å². The first kappa shape index (κ1) is 11.5. The second kappa shape index (κ2) is 4.30. The number of carbonyl (C=O) groups excluding carboxylic acids is 1. The zero-order valence-corrected chi connectivity index (χ0v) is 9.76. The van der Waals surface area contributed by atoms with Gasteiger partial charge in [-0.15, -0.1) is 0 Å². The Morgan fingerprint density at radius 3 is 2.64 bits per heavy atom. The number of piperazine rings is 1. The van der Waals surface area contributed by atoms with E-state index >= 15 is 0 Å². The predicted octanol–water partition coefficient (Wildman–Crippen LogP) is 1.10. The van der Waals surface area contributed by atoms with Crippen molar-refractivity contribution in [1.29, 1.82) is 0 Å². The van der Waals surface area contributed by atoms with Crippen LogP contribution in [0.4, 0.5) is 0 Å². The van der Waals surface area contributed by atoms with Crippen LogP contribution in [0.25, 0.3) is 0 Å². The summed E-state index contributed by atoms with van der Waals surface area (Å²) in [5, 5.41) is 3.09. The molecule has 1 saturated heterocycles. The van der Waals surface area contributed by atoms with Crippen LogP contribution in [0.3, 0.4) is 0 Å². The summed E-state index contributed by atoms with van der Waals surface area (Å²) < 4.78 is 0. The maximum atomic E-state index is 11.5. The first-order valence-electron chi connectivity index (χ1n) is 5.40. The van der Waals surface area contributed by atoms with E-state index in [0.29, 0.717) is 12.5 Å². The van der Waals surface area contributed by atoms with Crippen molar-refractivity contribution < 1.29 is 4.79 Å². The van der Waals surface area contributed by atoms with E-state index in [1.54, 1.807) is 0 Å². The molecule has 1 aliphatic rings. The molecule has 0 aliphatic carbocycles. The van der Waals surface area contributed by atoms with Crippen LogP contribution >= 0.6 is 0 Å². The Labute approximate surface area is 86.9 Å². The van der Waals surface area contributed by atoms with Crippen molar-refractivity contribution in [2.24, 2.45) is 11.3 Å². The quantitative estimate of drug-likeness (QED) is 0.720. The molecule has 0 radical (unpaired) electrons. The van der Waals surface area contributed by atoms with Gasteiger partial charge < -0.3 is 10.2 Å². The lowest BCUT2D eigenvalue weighted by Gasteiger charge is -2.35. The van der Waals surface area contributed by atoms with E-state index in [2.05, 4.69) is 33.0 Å². The number of rotatable bonds is 2. The lowest BCUT2D eigenvalue weighted by Crippen LogP contribution is -2.50. The van der Waals surface area contributed by atoms with Crippen molar-refractivity contribution in [1.82, 2.24) is 10.2 Å². The second-order valence-corrected chi connectivity index (χ2v) is 5.28. The Morgan fingerprint density at radius 2 is 2.14 bits per heavy atom. The third-order valence-corrected chi connectivity index (χ3v) is 3.16. The van der Waals surface area contributed by atoms with E-state index in [9.17, 15) is 4.79 Å². The molecular weight excluding hydrogens is 176 g/mol. The normalized spacial score (nSPS) is 21.1. The van der Waals surface area contributed by atoms with Crippen LogP contribution in [-0.4, -0.2) is 37.0 Å². The Balaban J connectivity index is 2.46. The molecule has 0 aromatic carbocycles. The molecule has 0 aromatic heterocycles. The zero-order chi connectivity index (χ0) is 10.8. The maximum absolute atomic E-state index is 11.5. The summed E-state index contributed by atoms with van der Waals surface area (Å²) in [5.41, 5.74) is 0.283. The summed E-state index contributed by atoms with van der Waals surface area (Å²) in [4.78, 5) is 13.5. The molecule has 14 heavy (non-hydrogen) atoms. The number of carbonyl (C=O) groups is 1. The molecule has 1 amide bonds. The van der Waals surface area contributed by atoms with Crippen LogP contribution in [0.1, 0.15) is 27.7 Å². The van der Waals surface area contributed by atoms with Crippen molar-refractivity contribution >= 4 is 5.91 Å². The molecule has 0 bridgehead atoms. The summed E-state index contributed by atoms with van der Waals surface area (Å²) in [5.74, 6) is 0.789. The highest BCUT2D eigenvalue weighted by Crippen LogP contribution is 2.26. The molecule has 0 spiro atoms. The number of nitrogens with one attached hydrogen (secondary N) is 1. The maximum Gasteiger partial charge on any atom is 0.236 e. The molecular formula is C11H22N2O. The molecule has 3 heteroatoms. The molecule has 82 valence electrons. The number of nitrogens with zero attached hydrogens (tertiary/aromatic N) is 1.